The maximum atomic E-state index is 11.1. The highest BCUT2D eigenvalue weighted by molar-refractivity contribution is 6.02. The molecule has 2 rings (SSSR count). The Morgan fingerprint density at radius 2 is 2.05 bits per heavy atom. The molecule has 98 valence electrons. The van der Waals surface area contributed by atoms with Gasteiger partial charge in [-0.15, -0.1) is 0 Å². The van der Waals surface area contributed by atoms with Crippen LogP contribution >= 0.6 is 0 Å². The maximum absolute atomic E-state index is 11.1. The summed E-state index contributed by atoms with van der Waals surface area (Å²) in [6, 6.07) is 7.13. The fourth-order valence-corrected chi connectivity index (χ4v) is 1.94. The number of nitrogens with zero attached hydrogens (tertiary/aromatic N) is 1. The normalized spacial score (nSPS) is 11.1. The van der Waals surface area contributed by atoms with Crippen LogP contribution in [0, 0.1) is 17.3 Å². The fourth-order valence-electron chi connectivity index (χ4n) is 1.94. The van der Waals surface area contributed by atoms with E-state index in [0.29, 0.717) is 12.1 Å². The van der Waals surface area contributed by atoms with Crippen LogP contribution < -0.4 is 0 Å². The largest absolute Gasteiger partial charge is 0.478 e. The Morgan fingerprint density at radius 3 is 2.68 bits per heavy atom. The molecule has 1 N–H and O–H groups in total. The number of hydrogen-bond acceptors (Lipinski definition) is 1. The molecule has 3 nitrogen and oxygen atoms in total. The van der Waals surface area contributed by atoms with Crippen molar-refractivity contribution in [2.45, 2.75) is 27.3 Å². The fraction of sp³-hybridized carbons (Fsp3) is 0.312. The first-order valence-electron chi connectivity index (χ1n) is 6.20. The molecular weight excluding hydrogens is 238 g/mol. The number of hydrogen-bond donors (Lipinski definition) is 1. The van der Waals surface area contributed by atoms with Gasteiger partial charge in [-0.1, -0.05) is 17.9 Å². The first-order chi connectivity index (χ1) is 8.88. The van der Waals surface area contributed by atoms with Gasteiger partial charge in [0.2, 0.25) is 0 Å². The molecular formula is C16H17NO2. The molecule has 0 bridgehead atoms. The topological polar surface area (TPSA) is 42.2 Å². The number of rotatable bonds is 2. The number of carboxylic acid groups (broad SMARTS) is 1. The molecule has 1 aromatic carbocycles. The van der Waals surface area contributed by atoms with Gasteiger partial charge in [0.25, 0.3) is 0 Å². The van der Waals surface area contributed by atoms with Gasteiger partial charge >= 0.3 is 5.97 Å². The van der Waals surface area contributed by atoms with E-state index in [4.69, 9.17) is 5.11 Å². The molecule has 0 spiro atoms. The Balaban J connectivity index is 2.38. The predicted molar refractivity (Wildman–Crippen MR) is 76.1 cm³/mol. The van der Waals surface area contributed by atoms with E-state index in [9.17, 15) is 4.79 Å². The van der Waals surface area contributed by atoms with Crippen molar-refractivity contribution < 1.29 is 9.90 Å². The van der Waals surface area contributed by atoms with Crippen LogP contribution in [0.25, 0.3) is 10.9 Å². The summed E-state index contributed by atoms with van der Waals surface area (Å²) in [6.45, 7) is 6.77. The summed E-state index contributed by atoms with van der Waals surface area (Å²) in [7, 11) is 0. The summed E-state index contributed by atoms with van der Waals surface area (Å²) >= 11 is 0. The zero-order valence-corrected chi connectivity index (χ0v) is 11.4. The minimum absolute atomic E-state index is 0.0187. The summed E-state index contributed by atoms with van der Waals surface area (Å²) < 4.78 is 1.97. The average Bonchev–Trinajstić information content (AvgIpc) is 2.70. The molecule has 0 fully saturated rings. The Hall–Kier alpha value is -2.21. The van der Waals surface area contributed by atoms with Crippen LogP contribution in [0.4, 0.5) is 0 Å². The molecule has 0 saturated heterocycles. The zero-order chi connectivity index (χ0) is 14.0. The standard InChI is InChI=1S/C16H17NO2/c1-16(2,3)9-5-10-17-11-8-12-13(15(18)19)6-4-7-14(12)17/h4,6-8,11H,10H2,1-3H3,(H,18,19). The SMILES string of the molecule is CC(C)(C)C#CCn1ccc2c(C(=O)O)cccc21. The van der Waals surface area contributed by atoms with Crippen LogP contribution in [-0.4, -0.2) is 15.6 Å². The van der Waals surface area contributed by atoms with Gasteiger partial charge in [0, 0.05) is 22.5 Å². The minimum Gasteiger partial charge on any atom is -0.478 e. The number of benzene rings is 1. The van der Waals surface area contributed by atoms with E-state index in [0.717, 1.165) is 10.9 Å². The molecule has 1 aromatic heterocycles. The molecule has 19 heavy (non-hydrogen) atoms. The minimum atomic E-state index is -0.899. The molecule has 0 radical (unpaired) electrons. The van der Waals surface area contributed by atoms with Crippen LogP contribution in [0.3, 0.4) is 0 Å². The van der Waals surface area contributed by atoms with Crippen molar-refractivity contribution in [2.24, 2.45) is 5.41 Å². The molecule has 1 heterocycles. The molecule has 0 amide bonds. The second-order valence-electron chi connectivity index (χ2n) is 5.54. The summed E-state index contributed by atoms with van der Waals surface area (Å²) in [5.41, 5.74) is 1.22. The summed E-state index contributed by atoms with van der Waals surface area (Å²) in [4.78, 5) is 11.1. The number of aromatic carboxylic acids is 1. The van der Waals surface area contributed by atoms with E-state index in [-0.39, 0.29) is 5.41 Å². The highest BCUT2D eigenvalue weighted by atomic mass is 16.4. The molecule has 0 saturated carbocycles. The van der Waals surface area contributed by atoms with Crippen LogP contribution in [0.5, 0.6) is 0 Å². The first kappa shape index (κ1) is 13.2. The van der Waals surface area contributed by atoms with Gasteiger partial charge in [0.15, 0.2) is 0 Å². The molecule has 0 unspecified atom stereocenters. The lowest BCUT2D eigenvalue weighted by molar-refractivity contribution is 0.0699. The lowest BCUT2D eigenvalue weighted by atomic mass is 9.98. The van der Waals surface area contributed by atoms with E-state index in [1.54, 1.807) is 12.1 Å². The van der Waals surface area contributed by atoms with Crippen molar-refractivity contribution in [3.63, 3.8) is 0 Å². The van der Waals surface area contributed by atoms with Gasteiger partial charge in [-0.25, -0.2) is 4.79 Å². The van der Waals surface area contributed by atoms with Crippen LogP contribution in [0.1, 0.15) is 31.1 Å². The summed E-state index contributed by atoms with van der Waals surface area (Å²) in [5, 5.41) is 9.89. The maximum Gasteiger partial charge on any atom is 0.336 e. The molecule has 0 aliphatic heterocycles. The first-order valence-corrected chi connectivity index (χ1v) is 6.20. The smallest absolute Gasteiger partial charge is 0.336 e. The zero-order valence-electron chi connectivity index (χ0n) is 11.4. The number of carbonyl (C=O) groups is 1. The van der Waals surface area contributed by atoms with Crippen molar-refractivity contribution >= 4 is 16.9 Å². The lowest BCUT2D eigenvalue weighted by Crippen LogP contribution is -2.01. The van der Waals surface area contributed by atoms with Gasteiger partial charge in [-0.2, -0.15) is 0 Å². The number of fused-ring (bicyclic) bond motifs is 1. The van der Waals surface area contributed by atoms with E-state index < -0.39 is 5.97 Å². The van der Waals surface area contributed by atoms with Crippen LogP contribution in [0.15, 0.2) is 30.5 Å². The third-order valence-corrected chi connectivity index (χ3v) is 2.76. The monoisotopic (exact) mass is 255 g/mol. The summed E-state index contributed by atoms with van der Waals surface area (Å²) in [6.07, 6.45) is 1.88. The predicted octanol–water partition coefficient (Wildman–Crippen LogP) is 3.39. The Bertz CT molecular complexity index is 678. The molecule has 3 heteroatoms. The highest BCUT2D eigenvalue weighted by Crippen LogP contribution is 2.20. The average molecular weight is 255 g/mol. The van der Waals surface area contributed by atoms with Crippen molar-refractivity contribution in [3.8, 4) is 11.8 Å². The van der Waals surface area contributed by atoms with Crippen molar-refractivity contribution in [3.05, 3.63) is 36.0 Å². The Labute approximate surface area is 112 Å². The quantitative estimate of drug-likeness (QED) is 0.836. The number of aromatic nitrogens is 1. The van der Waals surface area contributed by atoms with Gasteiger partial charge in [0.05, 0.1) is 12.1 Å². The lowest BCUT2D eigenvalue weighted by Gasteiger charge is -2.07. The molecule has 0 atom stereocenters. The summed E-state index contributed by atoms with van der Waals surface area (Å²) in [5.74, 6) is 5.41. The van der Waals surface area contributed by atoms with E-state index in [2.05, 4.69) is 32.6 Å². The Kier molecular flexibility index (Phi) is 3.35. The molecule has 0 aliphatic carbocycles. The van der Waals surface area contributed by atoms with E-state index >= 15 is 0 Å². The van der Waals surface area contributed by atoms with E-state index in [1.807, 2.05) is 22.9 Å². The van der Waals surface area contributed by atoms with Crippen molar-refractivity contribution in [2.75, 3.05) is 0 Å². The van der Waals surface area contributed by atoms with Crippen molar-refractivity contribution in [1.29, 1.82) is 0 Å². The second-order valence-corrected chi connectivity index (χ2v) is 5.54. The van der Waals surface area contributed by atoms with Crippen LogP contribution in [0.2, 0.25) is 0 Å². The third kappa shape index (κ3) is 2.97. The molecule has 2 aromatic rings. The Morgan fingerprint density at radius 1 is 1.32 bits per heavy atom. The van der Waals surface area contributed by atoms with Gasteiger partial charge < -0.3 is 9.67 Å². The van der Waals surface area contributed by atoms with Crippen LogP contribution in [-0.2, 0) is 6.54 Å². The molecule has 0 aliphatic rings. The second kappa shape index (κ2) is 4.81. The van der Waals surface area contributed by atoms with Crippen molar-refractivity contribution in [1.82, 2.24) is 4.57 Å². The van der Waals surface area contributed by atoms with Gasteiger partial charge in [-0.3, -0.25) is 0 Å². The van der Waals surface area contributed by atoms with Gasteiger partial charge in [-0.05, 0) is 39.0 Å². The third-order valence-electron chi connectivity index (χ3n) is 2.76. The van der Waals surface area contributed by atoms with E-state index in [1.165, 1.54) is 0 Å². The van der Waals surface area contributed by atoms with Gasteiger partial charge in [0.1, 0.15) is 0 Å². The number of carboxylic acids is 1. The highest BCUT2D eigenvalue weighted by Gasteiger charge is 2.10.